The van der Waals surface area contributed by atoms with Crippen molar-refractivity contribution in [2.45, 2.75) is 25.8 Å². The van der Waals surface area contributed by atoms with E-state index in [0.29, 0.717) is 11.1 Å². The molecule has 1 aromatic carbocycles. The molecule has 102 valence electrons. The number of nitrogens with two attached hydrogens (primary N) is 1. The number of carbonyl (C=O) groups excluding carboxylic acids is 1. The van der Waals surface area contributed by atoms with Gasteiger partial charge < -0.3 is 21.4 Å². The summed E-state index contributed by atoms with van der Waals surface area (Å²) >= 11 is 0. The van der Waals surface area contributed by atoms with Crippen molar-refractivity contribution in [3.63, 3.8) is 0 Å². The number of hydrogen-bond donors (Lipinski definition) is 4. The van der Waals surface area contributed by atoms with E-state index >= 15 is 0 Å². The number of oxime groups is 1. The fourth-order valence-corrected chi connectivity index (χ4v) is 1.95. The van der Waals surface area contributed by atoms with Gasteiger partial charge in [0.1, 0.15) is 5.75 Å². The number of benzene rings is 1. The van der Waals surface area contributed by atoms with Crippen molar-refractivity contribution in [3.05, 3.63) is 29.3 Å². The summed E-state index contributed by atoms with van der Waals surface area (Å²) in [5.41, 5.74) is 6.65. The van der Waals surface area contributed by atoms with Gasteiger partial charge in [0, 0.05) is 5.56 Å². The normalized spacial score (nSPS) is 17.0. The Balaban J connectivity index is 2.12. The van der Waals surface area contributed by atoms with Gasteiger partial charge in [0.2, 0.25) is 0 Å². The van der Waals surface area contributed by atoms with E-state index < -0.39 is 6.04 Å². The van der Waals surface area contributed by atoms with Crippen molar-refractivity contribution in [1.82, 2.24) is 5.32 Å². The van der Waals surface area contributed by atoms with Crippen LogP contribution in [0.25, 0.3) is 0 Å². The van der Waals surface area contributed by atoms with E-state index in [1.54, 1.807) is 13.0 Å². The molecule has 0 bridgehead atoms. The van der Waals surface area contributed by atoms with E-state index in [2.05, 4.69) is 10.5 Å². The van der Waals surface area contributed by atoms with Gasteiger partial charge in [-0.15, -0.1) is 0 Å². The standard InChI is InChI=1S/C13H17N3O3/c1-7-6-9(4-5-10(7)17)13(18)15-11(8-2-3-8)12(14)16-19/h4-6,8,11,17,19H,2-3H2,1H3,(H2,14,16)(H,15,18). The van der Waals surface area contributed by atoms with Gasteiger partial charge in [-0.2, -0.15) is 0 Å². The first-order valence-corrected chi connectivity index (χ1v) is 6.11. The lowest BCUT2D eigenvalue weighted by Gasteiger charge is -2.16. The molecule has 1 aliphatic carbocycles. The van der Waals surface area contributed by atoms with E-state index in [0.717, 1.165) is 12.8 Å². The second-order valence-corrected chi connectivity index (χ2v) is 4.81. The first-order valence-electron chi connectivity index (χ1n) is 6.11. The number of nitrogens with zero attached hydrogens (tertiary/aromatic N) is 1. The van der Waals surface area contributed by atoms with Crippen LogP contribution in [0.3, 0.4) is 0 Å². The number of hydrogen-bond acceptors (Lipinski definition) is 4. The number of aromatic hydroxyl groups is 1. The van der Waals surface area contributed by atoms with E-state index in [1.165, 1.54) is 12.1 Å². The molecule has 1 aliphatic rings. The van der Waals surface area contributed by atoms with Gasteiger partial charge in [0.05, 0.1) is 6.04 Å². The Morgan fingerprint density at radius 1 is 1.53 bits per heavy atom. The summed E-state index contributed by atoms with van der Waals surface area (Å²) in [6.45, 7) is 1.72. The summed E-state index contributed by atoms with van der Waals surface area (Å²) in [7, 11) is 0. The maximum absolute atomic E-state index is 12.1. The van der Waals surface area contributed by atoms with Crippen molar-refractivity contribution >= 4 is 11.7 Å². The van der Waals surface area contributed by atoms with Crippen LogP contribution in [0.15, 0.2) is 23.4 Å². The molecule has 1 saturated carbocycles. The van der Waals surface area contributed by atoms with Crippen molar-refractivity contribution in [3.8, 4) is 5.75 Å². The smallest absolute Gasteiger partial charge is 0.251 e. The van der Waals surface area contributed by atoms with Gasteiger partial charge in [-0.1, -0.05) is 5.16 Å². The average molecular weight is 263 g/mol. The third-order valence-corrected chi connectivity index (χ3v) is 3.27. The molecule has 1 unspecified atom stereocenters. The SMILES string of the molecule is Cc1cc(C(=O)NC(/C(N)=N/O)C2CC2)ccc1O. The van der Waals surface area contributed by atoms with E-state index in [-0.39, 0.29) is 23.4 Å². The lowest BCUT2D eigenvalue weighted by atomic mass is 10.1. The summed E-state index contributed by atoms with van der Waals surface area (Å²) < 4.78 is 0. The van der Waals surface area contributed by atoms with Gasteiger partial charge >= 0.3 is 0 Å². The first kappa shape index (κ1) is 13.2. The number of amides is 1. The van der Waals surface area contributed by atoms with Gasteiger partial charge in [-0.3, -0.25) is 4.79 Å². The van der Waals surface area contributed by atoms with Crippen molar-refractivity contribution < 1.29 is 15.1 Å². The molecule has 1 aromatic rings. The number of nitrogens with one attached hydrogen (secondary N) is 1. The summed E-state index contributed by atoms with van der Waals surface area (Å²) in [5.74, 6) is 0.0998. The Morgan fingerprint density at radius 3 is 2.74 bits per heavy atom. The third-order valence-electron chi connectivity index (χ3n) is 3.27. The van der Waals surface area contributed by atoms with Crippen LogP contribution in [-0.2, 0) is 0 Å². The summed E-state index contributed by atoms with van der Waals surface area (Å²) in [6.07, 6.45) is 1.91. The number of aryl methyl sites for hydroxylation is 1. The number of amidine groups is 1. The molecule has 0 spiro atoms. The minimum atomic E-state index is -0.438. The van der Waals surface area contributed by atoms with Crippen LogP contribution >= 0.6 is 0 Å². The first-order chi connectivity index (χ1) is 9.02. The van der Waals surface area contributed by atoms with Crippen molar-refractivity contribution in [2.24, 2.45) is 16.8 Å². The van der Waals surface area contributed by atoms with Gasteiger partial charge in [0.15, 0.2) is 5.84 Å². The zero-order valence-electron chi connectivity index (χ0n) is 10.6. The van der Waals surface area contributed by atoms with E-state index in [9.17, 15) is 9.90 Å². The Bertz CT molecular complexity index is 524. The predicted molar refractivity (Wildman–Crippen MR) is 70.2 cm³/mol. The third kappa shape index (κ3) is 2.96. The van der Waals surface area contributed by atoms with Crippen LogP contribution in [0.5, 0.6) is 5.75 Å². The lowest BCUT2D eigenvalue weighted by molar-refractivity contribution is 0.0943. The monoisotopic (exact) mass is 263 g/mol. The Labute approximate surface area is 110 Å². The molecule has 1 fully saturated rings. The number of rotatable bonds is 4. The highest BCUT2D eigenvalue weighted by Gasteiger charge is 2.35. The maximum Gasteiger partial charge on any atom is 0.251 e. The molecule has 0 saturated heterocycles. The van der Waals surface area contributed by atoms with E-state index in [1.807, 2.05) is 0 Å². The summed E-state index contributed by atoms with van der Waals surface area (Å²) in [6, 6.07) is 4.17. The minimum absolute atomic E-state index is 0.0198. The second-order valence-electron chi connectivity index (χ2n) is 4.81. The van der Waals surface area contributed by atoms with Crippen LogP contribution in [0.4, 0.5) is 0 Å². The van der Waals surface area contributed by atoms with E-state index in [4.69, 9.17) is 10.9 Å². The molecule has 5 N–H and O–H groups in total. The van der Waals surface area contributed by atoms with Crippen molar-refractivity contribution in [1.29, 1.82) is 0 Å². The molecule has 0 heterocycles. The number of phenolic OH excluding ortho intramolecular Hbond substituents is 1. The van der Waals surface area contributed by atoms with Crippen LogP contribution in [0.1, 0.15) is 28.8 Å². The van der Waals surface area contributed by atoms with Gasteiger partial charge in [0.25, 0.3) is 5.91 Å². The minimum Gasteiger partial charge on any atom is -0.508 e. The maximum atomic E-state index is 12.1. The summed E-state index contributed by atoms with van der Waals surface area (Å²) in [4.78, 5) is 12.1. The molecule has 19 heavy (non-hydrogen) atoms. The van der Waals surface area contributed by atoms with Crippen LogP contribution in [0, 0.1) is 12.8 Å². The van der Waals surface area contributed by atoms with Gasteiger partial charge in [-0.05, 0) is 49.4 Å². The quantitative estimate of drug-likeness (QED) is 0.281. The van der Waals surface area contributed by atoms with Crippen LogP contribution < -0.4 is 11.1 Å². The molecular formula is C13H17N3O3. The zero-order chi connectivity index (χ0) is 14.0. The van der Waals surface area contributed by atoms with Crippen molar-refractivity contribution in [2.75, 3.05) is 0 Å². The Hall–Kier alpha value is -2.24. The second kappa shape index (κ2) is 5.17. The Morgan fingerprint density at radius 2 is 2.21 bits per heavy atom. The number of phenols is 1. The van der Waals surface area contributed by atoms with Gasteiger partial charge in [-0.25, -0.2) is 0 Å². The molecule has 0 radical (unpaired) electrons. The fraction of sp³-hybridized carbons (Fsp3) is 0.385. The molecule has 0 aromatic heterocycles. The molecule has 2 rings (SSSR count). The highest BCUT2D eigenvalue weighted by Crippen LogP contribution is 2.33. The molecular weight excluding hydrogens is 246 g/mol. The highest BCUT2D eigenvalue weighted by atomic mass is 16.4. The Kier molecular flexibility index (Phi) is 3.59. The lowest BCUT2D eigenvalue weighted by Crippen LogP contribution is -2.46. The topological polar surface area (TPSA) is 108 Å². The number of carbonyl (C=O) groups is 1. The van der Waals surface area contributed by atoms with Crippen LogP contribution in [0.2, 0.25) is 0 Å². The molecule has 6 heteroatoms. The fourth-order valence-electron chi connectivity index (χ4n) is 1.95. The summed E-state index contributed by atoms with van der Waals surface area (Å²) in [5, 5.41) is 23.9. The molecule has 1 amide bonds. The average Bonchev–Trinajstić information content (AvgIpc) is 3.22. The predicted octanol–water partition coefficient (Wildman–Crippen LogP) is 0.955. The zero-order valence-corrected chi connectivity index (χ0v) is 10.6. The molecule has 0 aliphatic heterocycles. The highest BCUT2D eigenvalue weighted by molar-refractivity contribution is 5.98. The molecule has 1 atom stereocenters. The van der Waals surface area contributed by atoms with Crippen LogP contribution in [-0.4, -0.2) is 28.1 Å². The molecule has 6 nitrogen and oxygen atoms in total. The largest absolute Gasteiger partial charge is 0.508 e.